The lowest BCUT2D eigenvalue weighted by molar-refractivity contribution is 0.311. The summed E-state index contributed by atoms with van der Waals surface area (Å²) in [6, 6.07) is 3.99. The number of nitrogens with zero attached hydrogens (tertiary/aromatic N) is 4. The lowest BCUT2D eigenvalue weighted by Gasteiger charge is -2.33. The van der Waals surface area contributed by atoms with Crippen LogP contribution >= 0.6 is 0 Å². The van der Waals surface area contributed by atoms with Crippen molar-refractivity contribution >= 4 is 15.7 Å². The van der Waals surface area contributed by atoms with Crippen LogP contribution in [0.1, 0.15) is 55.8 Å². The van der Waals surface area contributed by atoms with Gasteiger partial charge in [-0.2, -0.15) is 5.10 Å². The number of fused-ring (bicyclic) bond motifs is 1. The van der Waals surface area contributed by atoms with E-state index in [0.717, 1.165) is 55.6 Å². The van der Waals surface area contributed by atoms with E-state index in [4.69, 9.17) is 0 Å². The van der Waals surface area contributed by atoms with Gasteiger partial charge in [0, 0.05) is 37.0 Å². The van der Waals surface area contributed by atoms with E-state index in [-0.39, 0.29) is 5.25 Å². The van der Waals surface area contributed by atoms with Crippen LogP contribution in [-0.4, -0.2) is 45.7 Å². The molecule has 1 saturated carbocycles. The monoisotopic (exact) mass is 348 g/mol. The third kappa shape index (κ3) is 2.73. The minimum atomic E-state index is -3.11. The van der Waals surface area contributed by atoms with Crippen molar-refractivity contribution in [2.24, 2.45) is 0 Å². The molecule has 6 nitrogen and oxygen atoms in total. The summed E-state index contributed by atoms with van der Waals surface area (Å²) in [5.41, 5.74) is 2.97. The fourth-order valence-corrected chi connectivity index (χ4v) is 6.21. The first-order valence-corrected chi connectivity index (χ1v) is 10.4. The number of hydrogen-bond donors (Lipinski definition) is 0. The number of piperidine rings is 1. The molecule has 0 spiro atoms. The molecule has 2 aromatic heterocycles. The van der Waals surface area contributed by atoms with E-state index in [9.17, 15) is 8.42 Å². The van der Waals surface area contributed by atoms with Crippen molar-refractivity contribution in [3.05, 3.63) is 29.7 Å². The summed E-state index contributed by atoms with van der Waals surface area (Å²) in [6.45, 7) is 3.20. The maximum atomic E-state index is 12.7. The van der Waals surface area contributed by atoms with Crippen molar-refractivity contribution in [1.29, 1.82) is 0 Å². The van der Waals surface area contributed by atoms with Crippen molar-refractivity contribution < 1.29 is 8.42 Å². The van der Waals surface area contributed by atoms with E-state index in [0.29, 0.717) is 19.0 Å². The number of sulfonamides is 1. The predicted octanol–water partition coefficient (Wildman–Crippen LogP) is 2.49. The molecule has 0 atom stereocenters. The quantitative estimate of drug-likeness (QED) is 0.855. The third-order valence-electron chi connectivity index (χ3n) is 5.46. The van der Waals surface area contributed by atoms with Crippen LogP contribution in [0.3, 0.4) is 0 Å². The van der Waals surface area contributed by atoms with Crippen LogP contribution in [0.15, 0.2) is 18.3 Å². The fourth-order valence-electron chi connectivity index (χ4n) is 4.14. The Morgan fingerprint density at radius 2 is 1.83 bits per heavy atom. The highest BCUT2D eigenvalue weighted by atomic mass is 32.2. The highest BCUT2D eigenvalue weighted by Crippen LogP contribution is 2.33. The van der Waals surface area contributed by atoms with Crippen molar-refractivity contribution in [2.75, 3.05) is 13.1 Å². The summed E-state index contributed by atoms with van der Waals surface area (Å²) in [7, 11) is -3.11. The summed E-state index contributed by atoms with van der Waals surface area (Å²) in [6.07, 6.45) is 7.29. The molecule has 24 heavy (non-hydrogen) atoms. The molecule has 0 amide bonds. The number of aromatic nitrogens is 3. The number of hydrogen-bond acceptors (Lipinski definition) is 4. The second-order valence-electron chi connectivity index (χ2n) is 7.05. The molecular weight excluding hydrogens is 324 g/mol. The zero-order chi connectivity index (χ0) is 16.7. The Morgan fingerprint density at radius 3 is 2.54 bits per heavy atom. The Hall–Kier alpha value is -1.47. The van der Waals surface area contributed by atoms with Gasteiger partial charge in [0.1, 0.15) is 0 Å². The highest BCUT2D eigenvalue weighted by molar-refractivity contribution is 7.89. The average molecular weight is 348 g/mol. The standard InChI is InChI=1S/C17H24N4O2S/c1-13-12-17-18-9-6-16(21(17)19-13)14-7-10-20(11-8-14)24(22,23)15-4-2-3-5-15/h6,9,12,14-15H,2-5,7-8,10-11H2,1H3. The van der Waals surface area contributed by atoms with Gasteiger partial charge in [0.05, 0.1) is 10.9 Å². The van der Waals surface area contributed by atoms with Gasteiger partial charge in [-0.25, -0.2) is 22.2 Å². The van der Waals surface area contributed by atoms with Gasteiger partial charge in [-0.3, -0.25) is 0 Å². The normalized spacial score (nSPS) is 21.7. The molecule has 1 saturated heterocycles. The van der Waals surface area contributed by atoms with Gasteiger partial charge in [-0.15, -0.1) is 0 Å². The van der Waals surface area contributed by atoms with Crippen LogP contribution in [0, 0.1) is 6.92 Å². The molecule has 1 aliphatic heterocycles. The van der Waals surface area contributed by atoms with E-state index >= 15 is 0 Å². The Bertz CT molecular complexity index is 831. The molecule has 3 heterocycles. The van der Waals surface area contributed by atoms with Crippen molar-refractivity contribution in [3.8, 4) is 0 Å². The lowest BCUT2D eigenvalue weighted by Crippen LogP contribution is -2.42. The van der Waals surface area contributed by atoms with Crippen LogP contribution < -0.4 is 0 Å². The third-order valence-corrected chi connectivity index (χ3v) is 7.86. The van der Waals surface area contributed by atoms with Gasteiger partial charge in [-0.1, -0.05) is 12.8 Å². The van der Waals surface area contributed by atoms with Gasteiger partial charge < -0.3 is 0 Å². The zero-order valence-electron chi connectivity index (χ0n) is 14.1. The average Bonchev–Trinajstić information content (AvgIpc) is 3.23. The molecule has 0 aromatic carbocycles. The van der Waals surface area contributed by atoms with E-state index in [1.54, 1.807) is 4.31 Å². The molecular formula is C17H24N4O2S. The van der Waals surface area contributed by atoms with Gasteiger partial charge in [0.15, 0.2) is 5.65 Å². The van der Waals surface area contributed by atoms with Crippen LogP contribution in [0.25, 0.3) is 5.65 Å². The molecule has 0 radical (unpaired) electrons. The summed E-state index contributed by atoms with van der Waals surface area (Å²) < 4.78 is 29.1. The minimum Gasteiger partial charge on any atom is -0.237 e. The van der Waals surface area contributed by atoms with Gasteiger partial charge in [0.2, 0.25) is 10.0 Å². The molecule has 2 fully saturated rings. The number of rotatable bonds is 3. The second-order valence-corrected chi connectivity index (χ2v) is 9.26. The first-order valence-electron chi connectivity index (χ1n) is 8.86. The highest BCUT2D eigenvalue weighted by Gasteiger charge is 2.36. The number of aryl methyl sites for hydroxylation is 1. The van der Waals surface area contributed by atoms with Crippen molar-refractivity contribution in [1.82, 2.24) is 18.9 Å². The fraction of sp³-hybridized carbons (Fsp3) is 0.647. The van der Waals surface area contributed by atoms with Gasteiger partial charge in [-0.05, 0) is 38.7 Å². The molecule has 4 rings (SSSR count). The SMILES string of the molecule is Cc1cc2nccc(C3CCN(S(=O)(=O)C4CCCC4)CC3)n2n1. The first-order chi connectivity index (χ1) is 11.6. The maximum Gasteiger partial charge on any atom is 0.216 e. The summed E-state index contributed by atoms with van der Waals surface area (Å²) >= 11 is 0. The van der Waals surface area contributed by atoms with E-state index in [1.165, 1.54) is 0 Å². The topological polar surface area (TPSA) is 67.6 Å². The molecule has 0 unspecified atom stereocenters. The maximum absolute atomic E-state index is 12.7. The van der Waals surface area contributed by atoms with Crippen LogP contribution in [0.2, 0.25) is 0 Å². The first kappa shape index (κ1) is 16.0. The molecule has 1 aliphatic carbocycles. The summed E-state index contributed by atoms with van der Waals surface area (Å²) in [5.74, 6) is 0.338. The molecule has 2 aromatic rings. The summed E-state index contributed by atoms with van der Waals surface area (Å²) in [4.78, 5) is 4.36. The largest absolute Gasteiger partial charge is 0.237 e. The van der Waals surface area contributed by atoms with Gasteiger partial charge in [0.25, 0.3) is 0 Å². The van der Waals surface area contributed by atoms with Gasteiger partial charge >= 0.3 is 0 Å². The van der Waals surface area contributed by atoms with E-state index in [1.807, 2.05) is 29.8 Å². The van der Waals surface area contributed by atoms with Crippen LogP contribution in [0.5, 0.6) is 0 Å². The van der Waals surface area contributed by atoms with Crippen molar-refractivity contribution in [3.63, 3.8) is 0 Å². The van der Waals surface area contributed by atoms with Crippen molar-refractivity contribution in [2.45, 2.75) is 56.6 Å². The Balaban J connectivity index is 1.51. The molecule has 0 bridgehead atoms. The molecule has 2 aliphatic rings. The second kappa shape index (κ2) is 6.11. The van der Waals surface area contributed by atoms with Crippen LogP contribution in [-0.2, 0) is 10.0 Å². The van der Waals surface area contributed by atoms with Crippen LogP contribution in [0.4, 0.5) is 0 Å². The molecule has 0 N–H and O–H groups in total. The lowest BCUT2D eigenvalue weighted by atomic mass is 9.94. The Labute approximate surface area is 142 Å². The predicted molar refractivity (Wildman–Crippen MR) is 92.4 cm³/mol. The smallest absolute Gasteiger partial charge is 0.216 e. The molecule has 130 valence electrons. The van der Waals surface area contributed by atoms with E-state index in [2.05, 4.69) is 10.1 Å². The summed E-state index contributed by atoms with van der Waals surface area (Å²) in [5, 5.41) is 4.40. The Morgan fingerprint density at radius 1 is 1.12 bits per heavy atom. The van der Waals surface area contributed by atoms with E-state index < -0.39 is 10.0 Å². The molecule has 7 heteroatoms. The Kier molecular flexibility index (Phi) is 4.08. The zero-order valence-corrected chi connectivity index (χ0v) is 14.9. The minimum absolute atomic E-state index is 0.143.